The lowest BCUT2D eigenvalue weighted by Gasteiger charge is -2.24. The van der Waals surface area contributed by atoms with Crippen molar-refractivity contribution in [2.75, 3.05) is 24.7 Å². The van der Waals surface area contributed by atoms with Gasteiger partial charge in [-0.05, 0) is 30.2 Å². The zero-order valence-electron chi connectivity index (χ0n) is 16.7. The number of anilines is 1. The Hall–Kier alpha value is -3.47. The first-order chi connectivity index (χ1) is 14.7. The van der Waals surface area contributed by atoms with E-state index < -0.39 is 5.41 Å². The number of aryl methyl sites for hydroxylation is 1. The highest BCUT2D eigenvalue weighted by molar-refractivity contribution is 6.11. The van der Waals surface area contributed by atoms with Gasteiger partial charge in [-0.1, -0.05) is 48.0 Å². The average molecular weight is 399 g/mol. The predicted octanol–water partition coefficient (Wildman–Crippen LogP) is 3.99. The summed E-state index contributed by atoms with van der Waals surface area (Å²) in [4.78, 5) is 15.8. The summed E-state index contributed by atoms with van der Waals surface area (Å²) >= 11 is 0. The summed E-state index contributed by atoms with van der Waals surface area (Å²) in [5, 5.41) is 0. The molecule has 3 heterocycles. The highest BCUT2D eigenvalue weighted by Gasteiger charge is 2.57. The number of hydrogen-bond donors (Lipinski definition) is 0. The number of para-hydroxylation sites is 1. The molecule has 1 amide bonds. The van der Waals surface area contributed by atoms with Crippen LogP contribution in [0.15, 0.2) is 60.7 Å². The maximum Gasteiger partial charge on any atom is 0.246 e. The second kappa shape index (κ2) is 6.26. The molecule has 5 heteroatoms. The Kier molecular flexibility index (Phi) is 3.63. The first-order valence-corrected chi connectivity index (χ1v) is 10.2. The molecule has 5 nitrogen and oxygen atoms in total. The highest BCUT2D eigenvalue weighted by atomic mass is 16.6. The summed E-state index contributed by atoms with van der Waals surface area (Å²) in [6.07, 6.45) is 0. The maximum absolute atomic E-state index is 14.0. The summed E-state index contributed by atoms with van der Waals surface area (Å²) in [6.45, 7) is 3.89. The van der Waals surface area contributed by atoms with Crippen molar-refractivity contribution in [2.45, 2.75) is 18.9 Å². The van der Waals surface area contributed by atoms with Crippen LogP contribution in [0.3, 0.4) is 0 Å². The molecule has 0 bridgehead atoms. The Morgan fingerprint density at radius 2 is 1.60 bits per heavy atom. The number of rotatable bonds is 2. The quantitative estimate of drug-likeness (QED) is 0.654. The topological polar surface area (TPSA) is 48.0 Å². The lowest BCUT2D eigenvalue weighted by molar-refractivity contribution is -0.122. The molecule has 150 valence electrons. The molecule has 0 radical (unpaired) electrons. The van der Waals surface area contributed by atoms with Crippen LogP contribution in [0.25, 0.3) is 0 Å². The number of carbonyl (C=O) groups excluding carboxylic acids is 1. The fourth-order valence-corrected chi connectivity index (χ4v) is 4.74. The molecule has 3 aromatic carbocycles. The number of benzene rings is 3. The van der Waals surface area contributed by atoms with E-state index in [1.54, 1.807) is 0 Å². The maximum atomic E-state index is 14.0. The van der Waals surface area contributed by atoms with Gasteiger partial charge in [0.15, 0.2) is 11.5 Å². The van der Waals surface area contributed by atoms with Crippen molar-refractivity contribution in [1.82, 2.24) is 0 Å². The van der Waals surface area contributed by atoms with E-state index in [1.165, 1.54) is 5.56 Å². The van der Waals surface area contributed by atoms with Gasteiger partial charge in [0.1, 0.15) is 31.0 Å². The molecule has 0 aliphatic carbocycles. The van der Waals surface area contributed by atoms with Gasteiger partial charge in [0.2, 0.25) is 5.91 Å². The van der Waals surface area contributed by atoms with Crippen LogP contribution >= 0.6 is 0 Å². The summed E-state index contributed by atoms with van der Waals surface area (Å²) in [5.41, 5.74) is 4.23. The molecule has 1 atom stereocenters. The molecular formula is C25H21NO4. The lowest BCUT2D eigenvalue weighted by atomic mass is 9.77. The lowest BCUT2D eigenvalue weighted by Crippen LogP contribution is -2.42. The molecule has 0 aromatic heterocycles. The first-order valence-electron chi connectivity index (χ1n) is 10.2. The van der Waals surface area contributed by atoms with Gasteiger partial charge >= 0.3 is 0 Å². The van der Waals surface area contributed by atoms with Crippen molar-refractivity contribution in [2.24, 2.45) is 0 Å². The van der Waals surface area contributed by atoms with Crippen molar-refractivity contribution in [3.05, 3.63) is 82.9 Å². The van der Waals surface area contributed by atoms with Crippen molar-refractivity contribution >= 4 is 11.6 Å². The number of fused-ring (bicyclic) bond motifs is 5. The minimum absolute atomic E-state index is 0.0414. The molecule has 0 N–H and O–H groups in total. The van der Waals surface area contributed by atoms with Crippen LogP contribution in [-0.2, 0) is 16.8 Å². The predicted molar refractivity (Wildman–Crippen MR) is 113 cm³/mol. The molecule has 30 heavy (non-hydrogen) atoms. The third-order valence-corrected chi connectivity index (χ3v) is 6.27. The van der Waals surface area contributed by atoms with E-state index in [9.17, 15) is 4.79 Å². The molecular weight excluding hydrogens is 378 g/mol. The summed E-state index contributed by atoms with van der Waals surface area (Å²) < 4.78 is 17.6. The standard InChI is InChI=1S/C25H21NO4/c1-16-6-8-17(9-7-16)14-26-20-5-3-2-4-18(20)25(24(26)27)15-30-21-13-23-22(12-19(21)25)28-10-11-29-23/h2-9,12-13H,10-11,14-15H2,1H3. The van der Waals surface area contributed by atoms with Crippen molar-refractivity contribution in [1.29, 1.82) is 0 Å². The fourth-order valence-electron chi connectivity index (χ4n) is 4.74. The first kappa shape index (κ1) is 17.4. The summed E-state index contributed by atoms with van der Waals surface area (Å²) in [5.74, 6) is 2.08. The average Bonchev–Trinajstić information content (AvgIpc) is 3.26. The molecule has 0 saturated heterocycles. The van der Waals surface area contributed by atoms with Crippen molar-refractivity contribution in [3.8, 4) is 17.2 Å². The van der Waals surface area contributed by atoms with Crippen LogP contribution in [-0.4, -0.2) is 25.7 Å². The molecule has 1 spiro atoms. The second-order valence-electron chi connectivity index (χ2n) is 8.08. The van der Waals surface area contributed by atoms with E-state index >= 15 is 0 Å². The van der Waals surface area contributed by atoms with Crippen LogP contribution < -0.4 is 19.1 Å². The number of hydrogen-bond acceptors (Lipinski definition) is 4. The van der Waals surface area contributed by atoms with Crippen LogP contribution in [0.1, 0.15) is 22.3 Å². The van der Waals surface area contributed by atoms with Gasteiger partial charge in [-0.25, -0.2) is 0 Å². The number of amides is 1. The van der Waals surface area contributed by atoms with Gasteiger partial charge in [-0.15, -0.1) is 0 Å². The molecule has 3 aliphatic rings. The number of nitrogens with zero attached hydrogens (tertiary/aromatic N) is 1. The van der Waals surface area contributed by atoms with Gasteiger partial charge in [0, 0.05) is 17.3 Å². The number of carbonyl (C=O) groups is 1. The van der Waals surface area contributed by atoms with E-state index in [0.717, 1.165) is 22.4 Å². The van der Waals surface area contributed by atoms with Crippen molar-refractivity contribution in [3.63, 3.8) is 0 Å². The minimum Gasteiger partial charge on any atom is -0.491 e. The largest absolute Gasteiger partial charge is 0.491 e. The van der Waals surface area contributed by atoms with E-state index in [1.807, 2.05) is 41.3 Å². The fraction of sp³-hybridized carbons (Fsp3) is 0.240. The Balaban J connectivity index is 1.48. The van der Waals surface area contributed by atoms with Crippen LogP contribution in [0, 0.1) is 6.92 Å². The summed E-state index contributed by atoms with van der Waals surface area (Å²) in [6, 6.07) is 20.1. The highest BCUT2D eigenvalue weighted by Crippen LogP contribution is 2.54. The molecule has 1 unspecified atom stereocenters. The van der Waals surface area contributed by atoms with Crippen LogP contribution in [0.4, 0.5) is 5.69 Å². The molecule has 3 aliphatic heterocycles. The van der Waals surface area contributed by atoms with Crippen LogP contribution in [0.5, 0.6) is 17.2 Å². The van der Waals surface area contributed by atoms with Gasteiger partial charge in [0.25, 0.3) is 0 Å². The van der Waals surface area contributed by atoms with Crippen LogP contribution in [0.2, 0.25) is 0 Å². The Morgan fingerprint density at radius 1 is 0.867 bits per heavy atom. The van der Waals surface area contributed by atoms with E-state index in [2.05, 4.69) is 31.2 Å². The van der Waals surface area contributed by atoms with Gasteiger partial charge in [-0.3, -0.25) is 4.79 Å². The van der Waals surface area contributed by atoms with Gasteiger partial charge < -0.3 is 19.1 Å². The van der Waals surface area contributed by atoms with Gasteiger partial charge in [0.05, 0.1) is 6.54 Å². The molecule has 6 rings (SSSR count). The van der Waals surface area contributed by atoms with Gasteiger partial charge in [-0.2, -0.15) is 0 Å². The third kappa shape index (κ3) is 2.32. The smallest absolute Gasteiger partial charge is 0.246 e. The third-order valence-electron chi connectivity index (χ3n) is 6.27. The Labute approximate surface area is 174 Å². The zero-order chi connectivity index (χ0) is 20.3. The summed E-state index contributed by atoms with van der Waals surface area (Å²) in [7, 11) is 0. The van der Waals surface area contributed by atoms with E-state index in [0.29, 0.717) is 37.0 Å². The molecule has 3 aromatic rings. The van der Waals surface area contributed by atoms with Crippen molar-refractivity contribution < 1.29 is 19.0 Å². The monoisotopic (exact) mass is 399 g/mol. The van der Waals surface area contributed by atoms with E-state index in [-0.39, 0.29) is 12.5 Å². The Morgan fingerprint density at radius 3 is 2.40 bits per heavy atom. The minimum atomic E-state index is -0.855. The number of ether oxygens (including phenoxy) is 3. The second-order valence-corrected chi connectivity index (χ2v) is 8.08. The Bertz CT molecular complexity index is 1170. The molecule has 0 saturated carbocycles. The molecule has 0 fully saturated rings. The SMILES string of the molecule is Cc1ccc(CN2C(=O)C3(COc4cc5c(cc43)OCCO5)c3ccccc32)cc1. The van der Waals surface area contributed by atoms with E-state index in [4.69, 9.17) is 14.2 Å². The zero-order valence-corrected chi connectivity index (χ0v) is 16.7. The normalized spacial score (nSPS) is 20.8.